The molecule has 0 saturated heterocycles. The van der Waals surface area contributed by atoms with Crippen molar-refractivity contribution in [2.24, 2.45) is 7.05 Å². The largest absolute Gasteiger partial charge is 0.497 e. The summed E-state index contributed by atoms with van der Waals surface area (Å²) >= 11 is 0. The Morgan fingerprint density at radius 2 is 2.18 bits per heavy atom. The van der Waals surface area contributed by atoms with Crippen molar-refractivity contribution in [1.82, 2.24) is 15.1 Å². The predicted octanol–water partition coefficient (Wildman–Crippen LogP) is 1.74. The number of aromatic nitrogens is 2. The minimum atomic E-state index is 0.138. The Morgan fingerprint density at radius 3 is 2.76 bits per heavy atom. The van der Waals surface area contributed by atoms with Gasteiger partial charge in [-0.2, -0.15) is 5.10 Å². The van der Waals surface area contributed by atoms with Gasteiger partial charge in [0.25, 0.3) is 0 Å². The maximum absolute atomic E-state index is 5.24. The van der Waals surface area contributed by atoms with Gasteiger partial charge in [0.05, 0.1) is 19.3 Å². The van der Waals surface area contributed by atoms with E-state index in [9.17, 15) is 0 Å². The van der Waals surface area contributed by atoms with E-state index >= 15 is 0 Å². The molecule has 1 unspecified atom stereocenters. The molecule has 90 valence electrons. The molecule has 0 saturated carbocycles. The molecule has 17 heavy (non-hydrogen) atoms. The van der Waals surface area contributed by atoms with Crippen LogP contribution in [0.5, 0.6) is 5.75 Å². The Balaban J connectivity index is 2.34. The SMILES string of the molecule is CNC(c1cccc(OC)c1)c1cnn(C)c1. The van der Waals surface area contributed by atoms with E-state index < -0.39 is 0 Å². The molecule has 1 N–H and O–H groups in total. The van der Waals surface area contributed by atoms with Crippen molar-refractivity contribution in [2.45, 2.75) is 6.04 Å². The second-order valence-corrected chi connectivity index (χ2v) is 3.95. The number of benzene rings is 1. The lowest BCUT2D eigenvalue weighted by Gasteiger charge is -2.15. The summed E-state index contributed by atoms with van der Waals surface area (Å²) in [5.41, 5.74) is 2.31. The number of nitrogens with one attached hydrogen (secondary N) is 1. The number of aryl methyl sites for hydroxylation is 1. The van der Waals surface area contributed by atoms with Gasteiger partial charge in [-0.1, -0.05) is 12.1 Å². The second-order valence-electron chi connectivity index (χ2n) is 3.95. The van der Waals surface area contributed by atoms with E-state index in [1.807, 2.05) is 44.7 Å². The molecule has 1 atom stereocenters. The fraction of sp³-hybridized carbons (Fsp3) is 0.308. The standard InChI is InChI=1S/C13H17N3O/c1-14-13(11-8-15-16(2)9-11)10-5-4-6-12(7-10)17-3/h4-9,13-14H,1-3H3. The normalized spacial score (nSPS) is 12.4. The summed E-state index contributed by atoms with van der Waals surface area (Å²) in [6, 6.07) is 8.19. The lowest BCUT2D eigenvalue weighted by atomic mass is 10.0. The fourth-order valence-electron chi connectivity index (χ4n) is 1.94. The molecule has 2 rings (SSSR count). The monoisotopic (exact) mass is 231 g/mol. The van der Waals surface area contributed by atoms with Gasteiger partial charge in [-0.15, -0.1) is 0 Å². The lowest BCUT2D eigenvalue weighted by Crippen LogP contribution is -2.17. The van der Waals surface area contributed by atoms with E-state index in [1.165, 1.54) is 5.56 Å². The van der Waals surface area contributed by atoms with Gasteiger partial charge in [0.1, 0.15) is 5.75 Å². The molecule has 0 aliphatic rings. The smallest absolute Gasteiger partial charge is 0.119 e. The number of hydrogen-bond acceptors (Lipinski definition) is 3. The number of methoxy groups -OCH3 is 1. The average Bonchev–Trinajstić information content (AvgIpc) is 2.77. The third-order valence-electron chi connectivity index (χ3n) is 2.77. The van der Waals surface area contributed by atoms with Crippen LogP contribution in [0.3, 0.4) is 0 Å². The molecular weight excluding hydrogens is 214 g/mol. The molecule has 1 aromatic carbocycles. The van der Waals surface area contributed by atoms with Crippen LogP contribution in [0.25, 0.3) is 0 Å². The van der Waals surface area contributed by atoms with Crippen LogP contribution in [0.1, 0.15) is 17.2 Å². The molecule has 4 heteroatoms. The van der Waals surface area contributed by atoms with E-state index in [0.717, 1.165) is 11.3 Å². The Labute approximate surface area is 101 Å². The van der Waals surface area contributed by atoms with Gasteiger partial charge in [0.15, 0.2) is 0 Å². The van der Waals surface area contributed by atoms with Crippen molar-refractivity contribution in [2.75, 3.05) is 14.2 Å². The maximum Gasteiger partial charge on any atom is 0.119 e. The zero-order valence-corrected chi connectivity index (χ0v) is 10.3. The molecule has 4 nitrogen and oxygen atoms in total. The topological polar surface area (TPSA) is 39.1 Å². The van der Waals surface area contributed by atoms with E-state index in [1.54, 1.807) is 11.8 Å². The Bertz CT molecular complexity index is 493. The van der Waals surface area contributed by atoms with Crippen LogP contribution in [0.2, 0.25) is 0 Å². The van der Waals surface area contributed by atoms with Crippen LogP contribution in [-0.2, 0) is 7.05 Å². The zero-order valence-electron chi connectivity index (χ0n) is 10.3. The molecule has 1 heterocycles. The molecule has 0 fully saturated rings. The first-order valence-electron chi connectivity index (χ1n) is 5.54. The summed E-state index contributed by atoms with van der Waals surface area (Å²) in [7, 11) is 5.54. The third kappa shape index (κ3) is 2.47. The minimum absolute atomic E-state index is 0.138. The highest BCUT2D eigenvalue weighted by molar-refractivity contribution is 5.35. The zero-order chi connectivity index (χ0) is 12.3. The van der Waals surface area contributed by atoms with Gasteiger partial charge < -0.3 is 10.1 Å². The van der Waals surface area contributed by atoms with Gasteiger partial charge in [-0.3, -0.25) is 4.68 Å². The lowest BCUT2D eigenvalue weighted by molar-refractivity contribution is 0.414. The summed E-state index contributed by atoms with van der Waals surface area (Å²) < 4.78 is 7.05. The first-order valence-corrected chi connectivity index (χ1v) is 5.54. The molecule has 0 aliphatic heterocycles. The molecule has 0 bridgehead atoms. The second kappa shape index (κ2) is 5.01. The number of ether oxygens (including phenoxy) is 1. The first-order chi connectivity index (χ1) is 8.24. The molecular formula is C13H17N3O. The Hall–Kier alpha value is -1.81. The number of hydrogen-bond donors (Lipinski definition) is 1. The van der Waals surface area contributed by atoms with E-state index in [-0.39, 0.29) is 6.04 Å². The highest BCUT2D eigenvalue weighted by atomic mass is 16.5. The quantitative estimate of drug-likeness (QED) is 0.871. The van der Waals surface area contributed by atoms with Crippen molar-refractivity contribution in [3.8, 4) is 5.75 Å². The van der Waals surface area contributed by atoms with Crippen molar-refractivity contribution < 1.29 is 4.74 Å². The highest BCUT2D eigenvalue weighted by Crippen LogP contribution is 2.24. The van der Waals surface area contributed by atoms with E-state index in [0.29, 0.717) is 0 Å². The number of rotatable bonds is 4. The summed E-state index contributed by atoms with van der Waals surface area (Å²) in [6.07, 6.45) is 3.89. The Morgan fingerprint density at radius 1 is 1.35 bits per heavy atom. The van der Waals surface area contributed by atoms with Crippen LogP contribution in [-0.4, -0.2) is 23.9 Å². The highest BCUT2D eigenvalue weighted by Gasteiger charge is 2.13. The van der Waals surface area contributed by atoms with Gasteiger partial charge in [0.2, 0.25) is 0 Å². The van der Waals surface area contributed by atoms with E-state index in [2.05, 4.69) is 16.5 Å². The number of nitrogens with zero attached hydrogens (tertiary/aromatic N) is 2. The summed E-state index contributed by atoms with van der Waals surface area (Å²) in [5, 5.41) is 7.49. The van der Waals surface area contributed by atoms with Gasteiger partial charge >= 0.3 is 0 Å². The maximum atomic E-state index is 5.24. The summed E-state index contributed by atoms with van der Waals surface area (Å²) in [6.45, 7) is 0. The average molecular weight is 231 g/mol. The van der Waals surface area contributed by atoms with E-state index in [4.69, 9.17) is 4.74 Å². The summed E-state index contributed by atoms with van der Waals surface area (Å²) in [4.78, 5) is 0. The molecule has 0 spiro atoms. The minimum Gasteiger partial charge on any atom is -0.497 e. The van der Waals surface area contributed by atoms with Gasteiger partial charge in [0, 0.05) is 18.8 Å². The molecule has 2 aromatic rings. The molecule has 0 radical (unpaired) electrons. The van der Waals surface area contributed by atoms with Crippen LogP contribution in [0.15, 0.2) is 36.7 Å². The van der Waals surface area contributed by atoms with Crippen molar-refractivity contribution in [3.63, 3.8) is 0 Å². The molecule has 1 aromatic heterocycles. The van der Waals surface area contributed by atoms with Crippen molar-refractivity contribution in [1.29, 1.82) is 0 Å². The summed E-state index contributed by atoms with van der Waals surface area (Å²) in [5.74, 6) is 0.867. The predicted molar refractivity (Wildman–Crippen MR) is 67.1 cm³/mol. The van der Waals surface area contributed by atoms with Gasteiger partial charge in [-0.05, 0) is 24.7 Å². The van der Waals surface area contributed by atoms with Crippen molar-refractivity contribution in [3.05, 3.63) is 47.8 Å². The van der Waals surface area contributed by atoms with Crippen LogP contribution >= 0.6 is 0 Å². The van der Waals surface area contributed by atoms with Gasteiger partial charge in [-0.25, -0.2) is 0 Å². The van der Waals surface area contributed by atoms with Crippen LogP contribution in [0, 0.1) is 0 Å². The van der Waals surface area contributed by atoms with Crippen LogP contribution < -0.4 is 10.1 Å². The van der Waals surface area contributed by atoms with Crippen molar-refractivity contribution >= 4 is 0 Å². The van der Waals surface area contributed by atoms with Crippen LogP contribution in [0.4, 0.5) is 0 Å². The first kappa shape index (κ1) is 11.7. The Kier molecular flexibility index (Phi) is 3.44. The fourth-order valence-corrected chi connectivity index (χ4v) is 1.94. The molecule has 0 aliphatic carbocycles. The molecule has 0 amide bonds. The third-order valence-corrected chi connectivity index (χ3v) is 2.77.